The van der Waals surface area contributed by atoms with Crippen LogP contribution in [0.2, 0.25) is 0 Å². The molecule has 0 radical (unpaired) electrons. The lowest BCUT2D eigenvalue weighted by atomic mass is 10.2. The molecule has 0 aliphatic rings. The Morgan fingerprint density at radius 1 is 1.50 bits per heavy atom. The molecule has 4 nitrogen and oxygen atoms in total. The first kappa shape index (κ1) is 9.19. The highest BCUT2D eigenvalue weighted by atomic mass is 16.3. The fraction of sp³-hybridized carbons (Fsp3) is 0.750. The van der Waals surface area contributed by atoms with Crippen molar-refractivity contribution in [1.29, 1.82) is 0 Å². The van der Waals surface area contributed by atoms with Crippen molar-refractivity contribution in [2.75, 3.05) is 0 Å². The van der Waals surface area contributed by atoms with Crippen LogP contribution in [0.1, 0.15) is 32.6 Å². The highest BCUT2D eigenvalue weighted by Crippen LogP contribution is 2.10. The number of hydrogen-bond donors (Lipinski definition) is 1. The molecule has 68 valence electrons. The second kappa shape index (κ2) is 3.67. The molecule has 0 saturated heterocycles. The Balaban J connectivity index is 2.77. The maximum Gasteiger partial charge on any atom is 0.0945 e. The summed E-state index contributed by atoms with van der Waals surface area (Å²) in [6.07, 6.45) is 1.12. The van der Waals surface area contributed by atoms with E-state index in [-0.39, 0.29) is 0 Å². The van der Waals surface area contributed by atoms with Gasteiger partial charge in [-0.15, -0.1) is 5.10 Å². The largest absolute Gasteiger partial charge is 0.387 e. The molecule has 0 aliphatic heterocycles. The molecular weight excluding hydrogens is 154 g/mol. The second-order valence-electron chi connectivity index (χ2n) is 3.41. The molecule has 1 aromatic heterocycles. The Morgan fingerprint density at radius 3 is 2.67 bits per heavy atom. The predicted molar refractivity (Wildman–Crippen MR) is 45.5 cm³/mol. The zero-order valence-electron chi connectivity index (χ0n) is 7.73. The SMILES string of the molecule is CC(C)Cn1nncc1[C@H](C)O. The van der Waals surface area contributed by atoms with Crippen molar-refractivity contribution in [3.8, 4) is 0 Å². The highest BCUT2D eigenvalue weighted by Gasteiger charge is 2.09. The van der Waals surface area contributed by atoms with Crippen LogP contribution in [-0.2, 0) is 6.54 Å². The van der Waals surface area contributed by atoms with Crippen LogP contribution in [0.5, 0.6) is 0 Å². The molecule has 0 unspecified atom stereocenters. The Bertz CT molecular complexity index is 242. The van der Waals surface area contributed by atoms with Crippen LogP contribution < -0.4 is 0 Å². The average molecular weight is 169 g/mol. The van der Waals surface area contributed by atoms with Gasteiger partial charge in [0.05, 0.1) is 18.0 Å². The summed E-state index contributed by atoms with van der Waals surface area (Å²) in [4.78, 5) is 0. The molecule has 0 bridgehead atoms. The van der Waals surface area contributed by atoms with Gasteiger partial charge in [0, 0.05) is 6.54 Å². The van der Waals surface area contributed by atoms with Gasteiger partial charge in [-0.3, -0.25) is 0 Å². The van der Waals surface area contributed by atoms with Gasteiger partial charge in [-0.25, -0.2) is 4.68 Å². The van der Waals surface area contributed by atoms with Gasteiger partial charge in [-0.1, -0.05) is 19.1 Å². The monoisotopic (exact) mass is 169 g/mol. The molecule has 12 heavy (non-hydrogen) atoms. The summed E-state index contributed by atoms with van der Waals surface area (Å²) in [6.45, 7) is 6.73. The van der Waals surface area contributed by atoms with E-state index in [1.807, 2.05) is 0 Å². The molecule has 0 aromatic carbocycles. The average Bonchev–Trinajstić information content (AvgIpc) is 2.33. The summed E-state index contributed by atoms with van der Waals surface area (Å²) in [5.74, 6) is 0.518. The molecule has 0 aliphatic carbocycles. The number of aromatic nitrogens is 3. The van der Waals surface area contributed by atoms with Crippen molar-refractivity contribution >= 4 is 0 Å². The van der Waals surface area contributed by atoms with Crippen molar-refractivity contribution in [2.24, 2.45) is 5.92 Å². The molecule has 1 aromatic rings. The minimum Gasteiger partial charge on any atom is -0.387 e. The van der Waals surface area contributed by atoms with Crippen molar-refractivity contribution < 1.29 is 5.11 Å². The lowest BCUT2D eigenvalue weighted by Crippen LogP contribution is -2.11. The van der Waals surface area contributed by atoms with E-state index in [1.54, 1.807) is 17.8 Å². The van der Waals surface area contributed by atoms with Crippen LogP contribution >= 0.6 is 0 Å². The number of nitrogens with zero attached hydrogens (tertiary/aromatic N) is 3. The van der Waals surface area contributed by atoms with Gasteiger partial charge in [-0.2, -0.15) is 0 Å². The molecule has 1 rings (SSSR count). The minimum absolute atomic E-state index is 0.487. The van der Waals surface area contributed by atoms with Crippen LogP contribution in [-0.4, -0.2) is 20.1 Å². The maximum absolute atomic E-state index is 9.31. The zero-order valence-corrected chi connectivity index (χ0v) is 7.73. The Hall–Kier alpha value is -0.900. The quantitative estimate of drug-likeness (QED) is 0.734. The van der Waals surface area contributed by atoms with Gasteiger partial charge < -0.3 is 5.11 Å². The summed E-state index contributed by atoms with van der Waals surface area (Å²) < 4.78 is 1.75. The molecule has 1 atom stereocenters. The zero-order chi connectivity index (χ0) is 9.14. The summed E-state index contributed by atoms with van der Waals surface area (Å²) in [5, 5.41) is 16.9. The fourth-order valence-corrected chi connectivity index (χ4v) is 1.08. The van der Waals surface area contributed by atoms with Gasteiger partial charge in [0.2, 0.25) is 0 Å². The first-order chi connectivity index (χ1) is 5.61. The summed E-state index contributed by atoms with van der Waals surface area (Å²) >= 11 is 0. The number of hydrogen-bond acceptors (Lipinski definition) is 3. The standard InChI is InChI=1S/C8H15N3O/c1-6(2)5-11-8(7(3)12)4-9-10-11/h4,6-7,12H,5H2,1-3H3/t7-/m0/s1. The van der Waals surface area contributed by atoms with E-state index >= 15 is 0 Å². The smallest absolute Gasteiger partial charge is 0.0945 e. The molecule has 4 heteroatoms. The van der Waals surface area contributed by atoms with Gasteiger partial charge in [0.25, 0.3) is 0 Å². The third-order valence-electron chi connectivity index (χ3n) is 1.61. The Labute approximate surface area is 72.2 Å². The van der Waals surface area contributed by atoms with E-state index in [1.165, 1.54) is 0 Å². The van der Waals surface area contributed by atoms with E-state index in [2.05, 4.69) is 24.2 Å². The van der Waals surface area contributed by atoms with Gasteiger partial charge in [0.15, 0.2) is 0 Å². The molecular formula is C8H15N3O. The Morgan fingerprint density at radius 2 is 2.17 bits per heavy atom. The molecule has 0 fully saturated rings. The van der Waals surface area contributed by atoms with Crippen LogP contribution in [0.3, 0.4) is 0 Å². The number of rotatable bonds is 3. The van der Waals surface area contributed by atoms with E-state index in [0.29, 0.717) is 5.92 Å². The van der Waals surface area contributed by atoms with Gasteiger partial charge in [0.1, 0.15) is 0 Å². The topological polar surface area (TPSA) is 50.9 Å². The highest BCUT2D eigenvalue weighted by molar-refractivity contribution is 4.97. The minimum atomic E-state index is -0.487. The summed E-state index contributed by atoms with van der Waals surface area (Å²) in [5.41, 5.74) is 0.781. The molecule has 0 amide bonds. The normalized spacial score (nSPS) is 13.8. The predicted octanol–water partition coefficient (Wildman–Crippen LogP) is 0.987. The van der Waals surface area contributed by atoms with Crippen molar-refractivity contribution in [1.82, 2.24) is 15.0 Å². The van der Waals surface area contributed by atoms with Gasteiger partial charge in [-0.05, 0) is 12.8 Å². The molecule has 0 spiro atoms. The van der Waals surface area contributed by atoms with E-state index < -0.39 is 6.10 Å². The van der Waals surface area contributed by atoms with Crippen LogP contribution in [0.4, 0.5) is 0 Å². The van der Waals surface area contributed by atoms with Crippen molar-refractivity contribution in [3.63, 3.8) is 0 Å². The van der Waals surface area contributed by atoms with E-state index in [4.69, 9.17) is 0 Å². The van der Waals surface area contributed by atoms with Crippen LogP contribution in [0, 0.1) is 5.92 Å². The third-order valence-corrected chi connectivity index (χ3v) is 1.61. The second-order valence-corrected chi connectivity index (χ2v) is 3.41. The lowest BCUT2D eigenvalue weighted by molar-refractivity contribution is 0.185. The van der Waals surface area contributed by atoms with Crippen molar-refractivity contribution in [2.45, 2.75) is 33.4 Å². The molecule has 1 N–H and O–H groups in total. The summed E-state index contributed by atoms with van der Waals surface area (Å²) in [7, 11) is 0. The Kier molecular flexibility index (Phi) is 2.81. The summed E-state index contributed by atoms with van der Waals surface area (Å²) in [6, 6.07) is 0. The van der Waals surface area contributed by atoms with Crippen LogP contribution in [0.25, 0.3) is 0 Å². The maximum atomic E-state index is 9.31. The van der Waals surface area contributed by atoms with Crippen molar-refractivity contribution in [3.05, 3.63) is 11.9 Å². The molecule has 0 saturated carbocycles. The number of aliphatic hydroxyl groups excluding tert-OH is 1. The molecule has 1 heterocycles. The van der Waals surface area contributed by atoms with Crippen LogP contribution in [0.15, 0.2) is 6.20 Å². The third kappa shape index (κ3) is 2.04. The lowest BCUT2D eigenvalue weighted by Gasteiger charge is -2.09. The number of aliphatic hydroxyl groups is 1. The van der Waals surface area contributed by atoms with E-state index in [9.17, 15) is 5.11 Å². The first-order valence-electron chi connectivity index (χ1n) is 4.17. The first-order valence-corrected chi connectivity index (χ1v) is 4.17. The fourth-order valence-electron chi connectivity index (χ4n) is 1.08. The van der Waals surface area contributed by atoms with E-state index in [0.717, 1.165) is 12.2 Å². The van der Waals surface area contributed by atoms with Gasteiger partial charge >= 0.3 is 0 Å².